The van der Waals surface area contributed by atoms with Crippen molar-refractivity contribution in [1.29, 1.82) is 0 Å². The number of aromatic nitrogens is 3. The minimum atomic E-state index is -0.418. The number of rotatable bonds is 9. The van der Waals surface area contributed by atoms with Gasteiger partial charge in [-0.15, -0.1) is 0 Å². The number of likely N-dealkylation sites (N-methyl/N-ethyl adjacent to an activating group) is 3. The summed E-state index contributed by atoms with van der Waals surface area (Å²) in [5.41, 5.74) is 12.7. The van der Waals surface area contributed by atoms with Gasteiger partial charge in [-0.3, -0.25) is 4.90 Å². The van der Waals surface area contributed by atoms with Crippen LogP contribution >= 0.6 is 0 Å². The van der Waals surface area contributed by atoms with Crippen LogP contribution in [0.4, 0.5) is 23.0 Å². The largest absolute Gasteiger partial charge is 0.456 e. The molecule has 5 rings (SSSR count). The Kier molecular flexibility index (Phi) is 7.64. The lowest BCUT2D eigenvalue weighted by molar-refractivity contribution is -0.0211. The summed E-state index contributed by atoms with van der Waals surface area (Å²) in [6.45, 7) is 5.24. The second-order valence-electron chi connectivity index (χ2n) is 11.0. The molecule has 0 unspecified atom stereocenters. The highest BCUT2D eigenvalue weighted by molar-refractivity contribution is 6.03. The highest BCUT2D eigenvalue weighted by atomic mass is 16.5. The van der Waals surface area contributed by atoms with Crippen molar-refractivity contribution in [3.05, 3.63) is 59.9 Å². The molecule has 3 N–H and O–H groups in total. The number of ether oxygens (including phenoxy) is 1. The maximum absolute atomic E-state index is 13.3. The molecule has 2 aromatic carbocycles. The third-order valence-electron chi connectivity index (χ3n) is 7.38. The Balaban J connectivity index is 1.49. The smallest absolute Gasteiger partial charge is 0.342 e. The zero-order chi connectivity index (χ0) is 28.6. The van der Waals surface area contributed by atoms with E-state index in [9.17, 15) is 4.79 Å². The SMILES string of the molecule is Cc1cc(N(C)CCN(C)C)c(N)cc1Nc1ncc(C(=O)OC2CN(C)C2)c(-c2cn(C)c3ccccc23)n1. The van der Waals surface area contributed by atoms with Gasteiger partial charge in [0.15, 0.2) is 0 Å². The Morgan fingerprint density at radius 1 is 1.15 bits per heavy atom. The Bertz CT molecular complexity index is 1540. The molecule has 0 saturated carbocycles. The maximum atomic E-state index is 13.3. The topological polar surface area (TPSA) is 105 Å². The maximum Gasteiger partial charge on any atom is 0.342 e. The van der Waals surface area contributed by atoms with Gasteiger partial charge in [0.1, 0.15) is 11.7 Å². The number of hydrogen-bond acceptors (Lipinski definition) is 9. The molecule has 0 radical (unpaired) electrons. The van der Waals surface area contributed by atoms with Crippen molar-refractivity contribution < 1.29 is 9.53 Å². The number of para-hydroxylation sites is 1. The number of nitrogens with zero attached hydrogens (tertiary/aromatic N) is 6. The molecule has 1 aliphatic heterocycles. The number of fused-ring (bicyclic) bond motifs is 1. The quantitative estimate of drug-likeness (QED) is 0.242. The van der Waals surface area contributed by atoms with E-state index in [0.717, 1.165) is 59.6 Å². The Labute approximate surface area is 235 Å². The van der Waals surface area contributed by atoms with Crippen molar-refractivity contribution in [3.8, 4) is 11.3 Å². The molecule has 1 saturated heterocycles. The van der Waals surface area contributed by atoms with Gasteiger partial charge in [-0.1, -0.05) is 18.2 Å². The summed E-state index contributed by atoms with van der Waals surface area (Å²) in [5.74, 6) is -0.0443. The van der Waals surface area contributed by atoms with E-state index in [1.807, 2.05) is 69.2 Å². The second kappa shape index (κ2) is 11.1. The molecule has 0 atom stereocenters. The molecule has 0 aliphatic carbocycles. The fraction of sp³-hybridized carbons (Fsp3) is 0.367. The number of carbonyl (C=O) groups excluding carboxylic acids is 1. The van der Waals surface area contributed by atoms with Crippen LogP contribution in [0.25, 0.3) is 22.2 Å². The molecule has 0 amide bonds. The standard InChI is InChI=1S/C30H38N8O2/c1-19-13-27(37(5)12-11-35(2)3)24(31)14-25(19)33-30-32-15-22(29(39)40-20-16-36(4)17-20)28(34-30)23-18-38(6)26-10-8-7-9-21(23)26/h7-10,13-15,18,20H,11-12,16-17,31H2,1-6H3,(H,32,33,34). The van der Waals surface area contributed by atoms with E-state index in [4.69, 9.17) is 15.5 Å². The summed E-state index contributed by atoms with van der Waals surface area (Å²) in [5, 5.41) is 4.33. The van der Waals surface area contributed by atoms with Crippen molar-refractivity contribution in [2.75, 3.05) is 70.3 Å². The van der Waals surface area contributed by atoms with Crippen LogP contribution in [0.15, 0.2) is 48.8 Å². The van der Waals surface area contributed by atoms with Crippen molar-refractivity contribution in [3.63, 3.8) is 0 Å². The zero-order valence-corrected chi connectivity index (χ0v) is 24.1. The van der Waals surface area contributed by atoms with Crippen LogP contribution in [0.5, 0.6) is 0 Å². The van der Waals surface area contributed by atoms with Crippen molar-refractivity contribution in [2.45, 2.75) is 13.0 Å². The van der Waals surface area contributed by atoms with Crippen LogP contribution in [-0.2, 0) is 11.8 Å². The van der Waals surface area contributed by atoms with Gasteiger partial charge in [-0.2, -0.15) is 0 Å². The van der Waals surface area contributed by atoms with E-state index in [1.54, 1.807) is 6.20 Å². The van der Waals surface area contributed by atoms with E-state index in [-0.39, 0.29) is 6.10 Å². The minimum Gasteiger partial charge on any atom is -0.456 e. The molecule has 2 aromatic heterocycles. The molecule has 0 bridgehead atoms. The summed E-state index contributed by atoms with van der Waals surface area (Å²) < 4.78 is 7.81. The second-order valence-corrected chi connectivity index (χ2v) is 11.0. The van der Waals surface area contributed by atoms with E-state index in [1.165, 1.54) is 0 Å². The number of nitrogens with two attached hydrogens (primary N) is 1. The molecule has 10 heteroatoms. The lowest BCUT2D eigenvalue weighted by Crippen LogP contribution is -2.50. The number of benzene rings is 2. The summed E-state index contributed by atoms with van der Waals surface area (Å²) in [4.78, 5) is 29.1. The van der Waals surface area contributed by atoms with Gasteiger partial charge in [-0.05, 0) is 51.8 Å². The van der Waals surface area contributed by atoms with Crippen LogP contribution in [0.1, 0.15) is 15.9 Å². The molecule has 40 heavy (non-hydrogen) atoms. The monoisotopic (exact) mass is 542 g/mol. The van der Waals surface area contributed by atoms with Gasteiger partial charge >= 0.3 is 5.97 Å². The number of anilines is 4. The molecular weight excluding hydrogens is 504 g/mol. The summed E-state index contributed by atoms with van der Waals surface area (Å²) in [7, 11) is 10.1. The third-order valence-corrected chi connectivity index (χ3v) is 7.38. The fourth-order valence-electron chi connectivity index (χ4n) is 5.02. The van der Waals surface area contributed by atoms with Crippen molar-refractivity contribution in [2.24, 2.45) is 7.05 Å². The Morgan fingerprint density at radius 2 is 1.90 bits per heavy atom. The van der Waals surface area contributed by atoms with Gasteiger partial charge in [0.2, 0.25) is 5.95 Å². The van der Waals surface area contributed by atoms with E-state index < -0.39 is 5.97 Å². The van der Waals surface area contributed by atoms with Crippen molar-refractivity contribution in [1.82, 2.24) is 24.3 Å². The first-order valence-corrected chi connectivity index (χ1v) is 13.4. The van der Waals surface area contributed by atoms with Crippen molar-refractivity contribution >= 4 is 39.9 Å². The number of esters is 1. The normalized spacial score (nSPS) is 14.0. The predicted molar refractivity (Wildman–Crippen MR) is 161 cm³/mol. The van der Waals surface area contributed by atoms with Crippen LogP contribution in [0.2, 0.25) is 0 Å². The van der Waals surface area contributed by atoms with Crippen LogP contribution < -0.4 is 16.0 Å². The predicted octanol–water partition coefficient (Wildman–Crippen LogP) is 3.74. The Hall–Kier alpha value is -4.15. The average molecular weight is 543 g/mol. The highest BCUT2D eigenvalue weighted by Gasteiger charge is 2.29. The third kappa shape index (κ3) is 5.59. The van der Waals surface area contributed by atoms with Gasteiger partial charge in [-0.25, -0.2) is 14.8 Å². The van der Waals surface area contributed by atoms with Crippen LogP contribution in [0, 0.1) is 6.92 Å². The number of aryl methyl sites for hydroxylation is 2. The number of nitrogens with one attached hydrogen (secondary N) is 1. The average Bonchev–Trinajstić information content (AvgIpc) is 3.24. The molecule has 1 aliphatic rings. The minimum absolute atomic E-state index is 0.129. The number of nitrogen functional groups attached to an aromatic ring is 1. The molecular formula is C30H38N8O2. The van der Waals surface area contributed by atoms with Crippen LogP contribution in [-0.4, -0.2) is 90.8 Å². The molecule has 4 aromatic rings. The molecule has 3 heterocycles. The summed E-state index contributed by atoms with van der Waals surface area (Å²) >= 11 is 0. The lowest BCUT2D eigenvalue weighted by atomic mass is 10.1. The molecule has 0 spiro atoms. The summed E-state index contributed by atoms with van der Waals surface area (Å²) in [6, 6.07) is 12.0. The lowest BCUT2D eigenvalue weighted by Gasteiger charge is -2.35. The van der Waals surface area contributed by atoms with Gasteiger partial charge < -0.3 is 30.2 Å². The number of carbonyl (C=O) groups is 1. The zero-order valence-electron chi connectivity index (χ0n) is 24.1. The molecule has 210 valence electrons. The van der Waals surface area contributed by atoms with Gasteiger partial charge in [0, 0.05) is 74.8 Å². The van der Waals surface area contributed by atoms with Gasteiger partial charge in [0.05, 0.1) is 17.1 Å². The van der Waals surface area contributed by atoms with E-state index >= 15 is 0 Å². The van der Waals surface area contributed by atoms with Gasteiger partial charge in [0.25, 0.3) is 0 Å². The molecule has 10 nitrogen and oxygen atoms in total. The number of likely N-dealkylation sites (tertiary alicyclic amines) is 1. The first-order valence-electron chi connectivity index (χ1n) is 13.4. The fourth-order valence-corrected chi connectivity index (χ4v) is 5.02. The van der Waals surface area contributed by atoms with E-state index in [0.29, 0.717) is 22.9 Å². The summed E-state index contributed by atoms with van der Waals surface area (Å²) in [6.07, 6.45) is 3.42. The molecule has 1 fully saturated rings. The first-order chi connectivity index (χ1) is 19.1. The van der Waals surface area contributed by atoms with E-state index in [2.05, 4.69) is 45.2 Å². The first kappa shape index (κ1) is 27.4. The number of hydrogen-bond donors (Lipinski definition) is 2. The highest BCUT2D eigenvalue weighted by Crippen LogP contribution is 2.34. The van der Waals surface area contributed by atoms with Crippen LogP contribution in [0.3, 0.4) is 0 Å². The Morgan fingerprint density at radius 3 is 2.62 bits per heavy atom.